The van der Waals surface area contributed by atoms with Crippen molar-refractivity contribution in [3.8, 4) is 6.07 Å². The molecule has 0 aromatic heterocycles. The average Bonchev–Trinajstić information content (AvgIpc) is 2.21. The molecule has 88 valence electrons. The van der Waals surface area contributed by atoms with Crippen molar-refractivity contribution in [1.82, 2.24) is 0 Å². The molecule has 1 aromatic rings. The zero-order chi connectivity index (χ0) is 13.0. The summed E-state index contributed by atoms with van der Waals surface area (Å²) in [5.41, 5.74) is 4.71. The van der Waals surface area contributed by atoms with Crippen LogP contribution in [-0.2, 0) is 4.79 Å². The van der Waals surface area contributed by atoms with Crippen LogP contribution in [0, 0.1) is 23.0 Å². The van der Waals surface area contributed by atoms with Gasteiger partial charge in [-0.15, -0.1) is 0 Å². The maximum absolute atomic E-state index is 13.3. The first-order chi connectivity index (χ1) is 7.93. The van der Waals surface area contributed by atoms with Crippen molar-refractivity contribution >= 4 is 11.6 Å². The minimum absolute atomic E-state index is 0.233. The van der Waals surface area contributed by atoms with Crippen LogP contribution in [0.5, 0.6) is 0 Å². The molecule has 0 aliphatic carbocycles. The van der Waals surface area contributed by atoms with Gasteiger partial charge < -0.3 is 11.1 Å². The molecule has 17 heavy (non-hydrogen) atoms. The van der Waals surface area contributed by atoms with Crippen molar-refractivity contribution in [3.05, 3.63) is 41.1 Å². The number of allylic oxidation sites excluding steroid dienone is 1. The zero-order valence-corrected chi connectivity index (χ0v) is 8.92. The Morgan fingerprint density at radius 1 is 1.47 bits per heavy atom. The summed E-state index contributed by atoms with van der Waals surface area (Å²) in [6.45, 7) is 1.48. The number of nitrogens with zero attached hydrogens (tertiary/aromatic N) is 1. The fraction of sp³-hybridized carbons (Fsp3) is 0.0909. The van der Waals surface area contributed by atoms with E-state index < -0.39 is 23.1 Å². The van der Waals surface area contributed by atoms with Gasteiger partial charge in [-0.2, -0.15) is 5.26 Å². The first-order valence-electron chi connectivity index (χ1n) is 4.58. The molecular formula is C11H9F2N3O. The number of rotatable bonds is 2. The van der Waals surface area contributed by atoms with E-state index in [1.165, 1.54) is 13.0 Å². The Hall–Kier alpha value is -2.42. The van der Waals surface area contributed by atoms with E-state index >= 15 is 0 Å². The van der Waals surface area contributed by atoms with Gasteiger partial charge in [0.1, 0.15) is 17.7 Å². The number of amides is 1. The van der Waals surface area contributed by atoms with E-state index in [4.69, 9.17) is 11.0 Å². The number of nitriles is 1. The first kappa shape index (κ1) is 12.6. The van der Waals surface area contributed by atoms with Gasteiger partial charge in [-0.05, 0) is 13.0 Å². The molecule has 0 saturated heterocycles. The number of halogens is 2. The highest BCUT2D eigenvalue weighted by Crippen LogP contribution is 2.18. The monoisotopic (exact) mass is 237 g/mol. The predicted molar refractivity (Wildman–Crippen MR) is 57.6 cm³/mol. The van der Waals surface area contributed by atoms with Crippen molar-refractivity contribution in [1.29, 1.82) is 5.26 Å². The van der Waals surface area contributed by atoms with Gasteiger partial charge in [-0.3, -0.25) is 4.79 Å². The van der Waals surface area contributed by atoms with E-state index in [2.05, 4.69) is 5.32 Å². The Balaban J connectivity index is 3.02. The molecule has 1 rings (SSSR count). The summed E-state index contributed by atoms with van der Waals surface area (Å²) >= 11 is 0. The van der Waals surface area contributed by atoms with Crippen LogP contribution in [0.3, 0.4) is 0 Å². The van der Waals surface area contributed by atoms with Gasteiger partial charge >= 0.3 is 0 Å². The molecule has 0 radical (unpaired) electrons. The third kappa shape index (κ3) is 3.28. The maximum atomic E-state index is 13.3. The van der Waals surface area contributed by atoms with Gasteiger partial charge in [0.25, 0.3) is 0 Å². The van der Waals surface area contributed by atoms with Crippen molar-refractivity contribution < 1.29 is 13.6 Å². The van der Waals surface area contributed by atoms with Crippen LogP contribution in [0.25, 0.3) is 0 Å². The van der Waals surface area contributed by atoms with Crippen molar-refractivity contribution in [2.75, 3.05) is 5.32 Å². The summed E-state index contributed by atoms with van der Waals surface area (Å²) in [6, 6.07) is 2.94. The Labute approximate surface area is 96.3 Å². The Kier molecular flexibility index (Phi) is 3.78. The molecule has 3 N–H and O–H groups in total. The summed E-state index contributed by atoms with van der Waals surface area (Å²) in [5, 5.41) is 10.6. The van der Waals surface area contributed by atoms with E-state index in [9.17, 15) is 13.6 Å². The number of hydrogen-bond donors (Lipinski definition) is 2. The average molecular weight is 237 g/mol. The molecular weight excluding hydrogens is 228 g/mol. The Morgan fingerprint density at radius 2 is 2.12 bits per heavy atom. The highest BCUT2D eigenvalue weighted by atomic mass is 19.1. The predicted octanol–water partition coefficient (Wildman–Crippen LogP) is 1.64. The van der Waals surface area contributed by atoms with E-state index in [0.717, 1.165) is 12.1 Å². The Bertz CT molecular complexity index is 528. The molecule has 0 bridgehead atoms. The molecule has 0 atom stereocenters. The largest absolute Gasteiger partial charge is 0.402 e. The van der Waals surface area contributed by atoms with Crippen LogP contribution in [0.1, 0.15) is 12.5 Å². The summed E-state index contributed by atoms with van der Waals surface area (Å²) in [7, 11) is 0. The number of hydrogen-bond acceptors (Lipinski definition) is 3. The van der Waals surface area contributed by atoms with Crippen LogP contribution < -0.4 is 11.1 Å². The summed E-state index contributed by atoms with van der Waals surface area (Å²) in [4.78, 5) is 11.2. The molecule has 1 amide bonds. The van der Waals surface area contributed by atoms with Gasteiger partial charge in [0.15, 0.2) is 0 Å². The fourth-order valence-corrected chi connectivity index (χ4v) is 1.10. The normalized spacial score (nSPS) is 10.8. The minimum atomic E-state index is -0.905. The maximum Gasteiger partial charge on any atom is 0.250 e. The first-order valence-corrected chi connectivity index (χ1v) is 4.58. The second-order valence-corrected chi connectivity index (χ2v) is 3.30. The number of carbonyl (C=O) groups is 1. The standard InChI is InChI=1S/C11H9F2N3O/c1-6(15)2-11(17)16-10-4-8(12)7(5-14)3-9(10)13/h2-4H,15H2,1H3,(H,16,17)/b6-2-. The third-order valence-corrected chi connectivity index (χ3v) is 1.79. The van der Waals surface area contributed by atoms with E-state index in [0.29, 0.717) is 6.07 Å². The van der Waals surface area contributed by atoms with Crippen LogP contribution in [-0.4, -0.2) is 5.91 Å². The fourth-order valence-electron chi connectivity index (χ4n) is 1.10. The van der Waals surface area contributed by atoms with Gasteiger partial charge in [0, 0.05) is 17.8 Å². The SMILES string of the molecule is C/C(N)=C/C(=O)Nc1cc(F)c(C#N)cc1F. The second kappa shape index (κ2) is 5.07. The third-order valence-electron chi connectivity index (χ3n) is 1.79. The van der Waals surface area contributed by atoms with E-state index in [1.807, 2.05) is 0 Å². The summed E-state index contributed by atoms with van der Waals surface area (Å²) in [6.07, 6.45) is 1.04. The smallest absolute Gasteiger partial charge is 0.250 e. The highest BCUT2D eigenvalue weighted by Gasteiger charge is 2.11. The molecule has 0 fully saturated rings. The molecule has 0 heterocycles. The zero-order valence-electron chi connectivity index (χ0n) is 8.92. The lowest BCUT2D eigenvalue weighted by atomic mass is 10.2. The molecule has 0 aliphatic heterocycles. The molecule has 4 nitrogen and oxygen atoms in total. The number of nitrogens with two attached hydrogens (primary N) is 1. The molecule has 1 aromatic carbocycles. The molecule has 0 aliphatic rings. The summed E-state index contributed by atoms with van der Waals surface area (Å²) in [5.74, 6) is -2.47. The van der Waals surface area contributed by atoms with Crippen molar-refractivity contribution in [2.45, 2.75) is 6.92 Å². The van der Waals surface area contributed by atoms with Crippen LogP contribution in [0.4, 0.5) is 14.5 Å². The molecule has 0 spiro atoms. The Morgan fingerprint density at radius 3 is 2.65 bits per heavy atom. The van der Waals surface area contributed by atoms with E-state index in [-0.39, 0.29) is 11.4 Å². The highest BCUT2D eigenvalue weighted by molar-refractivity contribution is 5.99. The second-order valence-electron chi connectivity index (χ2n) is 3.30. The number of benzene rings is 1. The number of anilines is 1. The minimum Gasteiger partial charge on any atom is -0.402 e. The van der Waals surface area contributed by atoms with Gasteiger partial charge in [-0.1, -0.05) is 0 Å². The number of nitrogens with one attached hydrogen (secondary N) is 1. The topological polar surface area (TPSA) is 78.9 Å². The van der Waals surface area contributed by atoms with Crippen LogP contribution in [0.15, 0.2) is 23.9 Å². The summed E-state index contributed by atoms with van der Waals surface area (Å²) < 4.78 is 26.5. The quantitative estimate of drug-likeness (QED) is 0.767. The molecule has 0 unspecified atom stereocenters. The number of carbonyl (C=O) groups excluding carboxylic acids is 1. The van der Waals surface area contributed by atoms with Gasteiger partial charge in [0.2, 0.25) is 5.91 Å². The lowest BCUT2D eigenvalue weighted by Crippen LogP contribution is -2.12. The van der Waals surface area contributed by atoms with Gasteiger partial charge in [0.05, 0.1) is 11.3 Å². The van der Waals surface area contributed by atoms with E-state index in [1.54, 1.807) is 0 Å². The van der Waals surface area contributed by atoms with Crippen LogP contribution in [0.2, 0.25) is 0 Å². The van der Waals surface area contributed by atoms with Gasteiger partial charge in [-0.25, -0.2) is 8.78 Å². The molecule has 6 heteroatoms. The molecule has 0 saturated carbocycles. The lowest BCUT2D eigenvalue weighted by molar-refractivity contribution is -0.112. The lowest BCUT2D eigenvalue weighted by Gasteiger charge is -2.05. The van der Waals surface area contributed by atoms with Crippen molar-refractivity contribution in [2.24, 2.45) is 5.73 Å². The van der Waals surface area contributed by atoms with Crippen molar-refractivity contribution in [3.63, 3.8) is 0 Å². The van der Waals surface area contributed by atoms with Crippen LogP contribution >= 0.6 is 0 Å².